The van der Waals surface area contributed by atoms with Crippen molar-refractivity contribution < 1.29 is 4.74 Å². The van der Waals surface area contributed by atoms with Gasteiger partial charge in [0.1, 0.15) is 12.4 Å². The van der Waals surface area contributed by atoms with Gasteiger partial charge in [-0.2, -0.15) is 5.26 Å². The minimum absolute atomic E-state index is 0.330. The Morgan fingerprint density at radius 2 is 2.06 bits per heavy atom. The molecule has 0 aliphatic heterocycles. The first-order valence-corrected chi connectivity index (χ1v) is 5.58. The van der Waals surface area contributed by atoms with E-state index in [1.807, 2.05) is 6.07 Å². The van der Waals surface area contributed by atoms with Crippen molar-refractivity contribution in [3.05, 3.63) is 39.3 Å². The fourth-order valence-electron chi connectivity index (χ4n) is 1.06. The van der Waals surface area contributed by atoms with E-state index in [1.54, 1.807) is 24.3 Å². The third-order valence-electron chi connectivity index (χ3n) is 1.79. The summed E-state index contributed by atoms with van der Waals surface area (Å²) in [4.78, 5) is 0. The van der Waals surface area contributed by atoms with E-state index in [4.69, 9.17) is 21.6 Å². The Morgan fingerprint density at radius 3 is 2.62 bits per heavy atom. The zero-order valence-corrected chi connectivity index (χ0v) is 9.63. The second-order valence-electron chi connectivity index (χ2n) is 2.87. The van der Waals surface area contributed by atoms with Gasteiger partial charge < -0.3 is 4.74 Å². The largest absolute Gasteiger partial charge is 0.486 e. The van der Waals surface area contributed by atoms with Gasteiger partial charge in [-0.1, -0.05) is 11.3 Å². The quantitative estimate of drug-likeness (QED) is 0.841. The number of benzene rings is 1. The van der Waals surface area contributed by atoms with Gasteiger partial charge in [-0.05, 0) is 35.9 Å². The molecule has 0 N–H and O–H groups in total. The van der Waals surface area contributed by atoms with Crippen LogP contribution in [0.25, 0.3) is 0 Å². The predicted molar refractivity (Wildman–Crippen MR) is 60.4 cm³/mol. The van der Waals surface area contributed by atoms with Crippen LogP contribution in [0.3, 0.4) is 0 Å². The van der Waals surface area contributed by atoms with E-state index in [9.17, 15) is 0 Å². The highest BCUT2D eigenvalue weighted by molar-refractivity contribution is 7.15. The lowest BCUT2D eigenvalue weighted by Crippen LogP contribution is -1.94. The number of nitriles is 1. The van der Waals surface area contributed by atoms with Crippen LogP contribution in [0.2, 0.25) is 4.47 Å². The molecule has 80 valence electrons. The summed E-state index contributed by atoms with van der Waals surface area (Å²) in [6, 6.07) is 8.91. The second-order valence-corrected chi connectivity index (χ2v) is 4.52. The highest BCUT2D eigenvalue weighted by Gasteiger charge is 2.02. The molecule has 0 amide bonds. The molecule has 4 nitrogen and oxygen atoms in total. The van der Waals surface area contributed by atoms with Crippen LogP contribution in [0.4, 0.5) is 0 Å². The normalized spacial score (nSPS) is 9.75. The SMILES string of the molecule is N#Cc1ccc(OCc2nnc(Cl)s2)cc1. The molecule has 1 aromatic carbocycles. The number of nitrogens with zero attached hydrogens (tertiary/aromatic N) is 3. The van der Waals surface area contributed by atoms with Crippen molar-refractivity contribution in [2.45, 2.75) is 6.61 Å². The van der Waals surface area contributed by atoms with Crippen molar-refractivity contribution in [1.82, 2.24) is 10.2 Å². The summed E-state index contributed by atoms with van der Waals surface area (Å²) in [6.45, 7) is 0.330. The molecule has 2 rings (SSSR count). The van der Waals surface area contributed by atoms with E-state index in [1.165, 1.54) is 11.3 Å². The molecular weight excluding hydrogens is 246 g/mol. The average Bonchev–Trinajstić information content (AvgIpc) is 2.73. The number of rotatable bonds is 3. The molecule has 0 atom stereocenters. The maximum absolute atomic E-state index is 8.62. The second kappa shape index (κ2) is 4.92. The van der Waals surface area contributed by atoms with Gasteiger partial charge in [0, 0.05) is 0 Å². The molecule has 0 aliphatic carbocycles. The standard InChI is InChI=1S/C10H6ClN3OS/c11-10-14-13-9(16-10)6-15-8-3-1-7(5-12)2-4-8/h1-4H,6H2. The van der Waals surface area contributed by atoms with Gasteiger partial charge in [-0.3, -0.25) is 0 Å². The van der Waals surface area contributed by atoms with Crippen LogP contribution in [-0.2, 0) is 6.61 Å². The van der Waals surface area contributed by atoms with Crippen molar-refractivity contribution in [3.63, 3.8) is 0 Å². The third-order valence-corrected chi connectivity index (χ3v) is 2.78. The van der Waals surface area contributed by atoms with Gasteiger partial charge in [0.05, 0.1) is 11.6 Å². The van der Waals surface area contributed by atoms with Crippen molar-refractivity contribution >= 4 is 22.9 Å². The van der Waals surface area contributed by atoms with Gasteiger partial charge in [0.25, 0.3) is 0 Å². The number of hydrogen-bond acceptors (Lipinski definition) is 5. The number of hydrogen-bond donors (Lipinski definition) is 0. The molecular formula is C10H6ClN3OS. The predicted octanol–water partition coefficient (Wildman–Crippen LogP) is 2.64. The van der Waals surface area contributed by atoms with Crippen LogP contribution < -0.4 is 4.74 Å². The smallest absolute Gasteiger partial charge is 0.207 e. The molecule has 0 aliphatic rings. The van der Waals surface area contributed by atoms with E-state index < -0.39 is 0 Å². The summed E-state index contributed by atoms with van der Waals surface area (Å²) in [5, 5.41) is 16.8. The Balaban J connectivity index is 1.97. The summed E-state index contributed by atoms with van der Waals surface area (Å²) in [5.74, 6) is 0.685. The Morgan fingerprint density at radius 1 is 1.31 bits per heavy atom. The van der Waals surface area contributed by atoms with Crippen LogP contribution in [0.5, 0.6) is 5.75 Å². The Labute approximate surface area is 101 Å². The highest BCUT2D eigenvalue weighted by Crippen LogP contribution is 2.18. The monoisotopic (exact) mass is 251 g/mol. The molecule has 0 bridgehead atoms. The Bertz CT molecular complexity index is 518. The van der Waals surface area contributed by atoms with Gasteiger partial charge in [-0.15, -0.1) is 10.2 Å². The molecule has 0 unspecified atom stereocenters. The summed E-state index contributed by atoms with van der Waals surface area (Å²) < 4.78 is 5.85. The zero-order chi connectivity index (χ0) is 11.4. The molecule has 6 heteroatoms. The van der Waals surface area contributed by atoms with E-state index in [2.05, 4.69) is 10.2 Å². The molecule has 0 radical (unpaired) electrons. The summed E-state index contributed by atoms with van der Waals surface area (Å²) in [6.07, 6.45) is 0. The van der Waals surface area contributed by atoms with Gasteiger partial charge in [0.2, 0.25) is 4.47 Å². The van der Waals surface area contributed by atoms with Gasteiger partial charge >= 0.3 is 0 Å². The van der Waals surface area contributed by atoms with E-state index >= 15 is 0 Å². The lowest BCUT2D eigenvalue weighted by molar-refractivity contribution is 0.304. The van der Waals surface area contributed by atoms with Crippen molar-refractivity contribution in [3.8, 4) is 11.8 Å². The topological polar surface area (TPSA) is 58.8 Å². The molecule has 0 spiro atoms. The Hall–Kier alpha value is -1.64. The number of aromatic nitrogens is 2. The summed E-state index contributed by atoms with van der Waals surface area (Å²) in [5.41, 5.74) is 0.603. The molecule has 1 heterocycles. The fourth-order valence-corrected chi connectivity index (χ4v) is 1.84. The van der Waals surface area contributed by atoms with Crippen molar-refractivity contribution in [2.75, 3.05) is 0 Å². The first kappa shape index (κ1) is 10.9. The van der Waals surface area contributed by atoms with Crippen LogP contribution in [0.1, 0.15) is 10.6 Å². The Kier molecular flexibility index (Phi) is 3.34. The molecule has 0 fully saturated rings. The first-order valence-electron chi connectivity index (χ1n) is 4.39. The summed E-state index contributed by atoms with van der Waals surface area (Å²) in [7, 11) is 0. The molecule has 0 saturated heterocycles. The van der Waals surface area contributed by atoms with Crippen LogP contribution >= 0.6 is 22.9 Å². The highest BCUT2D eigenvalue weighted by atomic mass is 35.5. The lowest BCUT2D eigenvalue weighted by Gasteiger charge is -2.02. The average molecular weight is 252 g/mol. The molecule has 0 saturated carbocycles. The minimum Gasteiger partial charge on any atom is -0.486 e. The summed E-state index contributed by atoms with van der Waals surface area (Å²) >= 11 is 6.92. The van der Waals surface area contributed by atoms with E-state index in [-0.39, 0.29) is 0 Å². The van der Waals surface area contributed by atoms with Crippen LogP contribution in [-0.4, -0.2) is 10.2 Å². The van der Waals surface area contributed by atoms with Crippen molar-refractivity contribution in [2.24, 2.45) is 0 Å². The number of halogens is 1. The fraction of sp³-hybridized carbons (Fsp3) is 0.100. The minimum atomic E-state index is 0.330. The van der Waals surface area contributed by atoms with Gasteiger partial charge in [0.15, 0.2) is 5.01 Å². The zero-order valence-electron chi connectivity index (χ0n) is 8.05. The number of ether oxygens (including phenoxy) is 1. The van der Waals surface area contributed by atoms with Gasteiger partial charge in [-0.25, -0.2) is 0 Å². The first-order chi connectivity index (χ1) is 7.78. The maximum Gasteiger partial charge on any atom is 0.207 e. The van der Waals surface area contributed by atoms with Crippen LogP contribution in [0.15, 0.2) is 24.3 Å². The lowest BCUT2D eigenvalue weighted by atomic mass is 10.2. The molecule has 2 aromatic rings. The van der Waals surface area contributed by atoms with E-state index in [0.29, 0.717) is 27.4 Å². The van der Waals surface area contributed by atoms with Crippen LogP contribution in [0, 0.1) is 11.3 Å². The molecule has 1 aromatic heterocycles. The molecule has 16 heavy (non-hydrogen) atoms. The maximum atomic E-state index is 8.62. The van der Waals surface area contributed by atoms with Crippen molar-refractivity contribution in [1.29, 1.82) is 5.26 Å². The third kappa shape index (κ3) is 2.69. The van der Waals surface area contributed by atoms with E-state index in [0.717, 1.165) is 0 Å².